The Hall–Kier alpha value is -1.28. The first-order chi connectivity index (χ1) is 17.4. The predicted octanol–water partition coefficient (Wildman–Crippen LogP) is 6.37. The molecule has 0 spiro atoms. The van der Waals surface area contributed by atoms with Crippen LogP contribution >= 0.6 is 7.60 Å². The van der Waals surface area contributed by atoms with Gasteiger partial charge in [0.15, 0.2) is 6.10 Å². The molecule has 1 aliphatic heterocycles. The molecule has 1 fully saturated rings. The number of carbonyl (C=O) groups is 1. The Morgan fingerprint density at radius 2 is 1.44 bits per heavy atom. The quantitative estimate of drug-likeness (QED) is 0.131. The number of benzene rings is 1. The molecule has 0 aromatic heterocycles. The highest BCUT2D eigenvalue weighted by Crippen LogP contribution is 2.48. The van der Waals surface area contributed by atoms with Gasteiger partial charge in [-0.2, -0.15) is 0 Å². The van der Waals surface area contributed by atoms with Crippen molar-refractivity contribution in [3.8, 4) is 0 Å². The minimum absolute atomic E-state index is 0.307. The zero-order valence-electron chi connectivity index (χ0n) is 22.6. The van der Waals surface area contributed by atoms with Gasteiger partial charge in [-0.05, 0) is 37.8 Å². The molecule has 0 aliphatic carbocycles. The molecule has 1 heterocycles. The molecule has 6 atom stereocenters. The lowest BCUT2D eigenvalue weighted by Gasteiger charge is -2.45. The van der Waals surface area contributed by atoms with E-state index in [0.29, 0.717) is 31.8 Å². The summed E-state index contributed by atoms with van der Waals surface area (Å²) in [5, 5.41) is 0. The minimum atomic E-state index is -3.50. The minimum Gasteiger partial charge on any atom is -0.450 e. The van der Waals surface area contributed by atoms with Gasteiger partial charge < -0.3 is 23.5 Å². The van der Waals surface area contributed by atoms with Crippen LogP contribution in [0.4, 0.5) is 0 Å². The molecule has 1 aliphatic rings. The van der Waals surface area contributed by atoms with E-state index in [1.807, 2.05) is 19.9 Å². The van der Waals surface area contributed by atoms with E-state index in [1.54, 1.807) is 24.3 Å². The Morgan fingerprint density at radius 1 is 0.861 bits per heavy atom. The summed E-state index contributed by atoms with van der Waals surface area (Å²) < 4.78 is 49.4. The maximum absolute atomic E-state index is 13.2. The average molecular weight is 529 g/mol. The first-order valence-corrected chi connectivity index (χ1v) is 15.4. The van der Waals surface area contributed by atoms with Crippen LogP contribution in [0.1, 0.15) is 83.0 Å². The molecular weight excluding hydrogens is 483 g/mol. The molecule has 0 N–H and O–H groups in total. The van der Waals surface area contributed by atoms with Gasteiger partial charge in [0.1, 0.15) is 12.2 Å². The normalized spacial score (nSPS) is 25.9. The van der Waals surface area contributed by atoms with Crippen molar-refractivity contribution in [1.29, 1.82) is 0 Å². The number of esters is 1. The number of hydrogen-bond donors (Lipinski definition) is 0. The van der Waals surface area contributed by atoms with Gasteiger partial charge in [0.05, 0.1) is 18.3 Å². The first-order valence-electron chi connectivity index (χ1n) is 13.4. The van der Waals surface area contributed by atoms with Crippen LogP contribution in [0.5, 0.6) is 0 Å². The lowest BCUT2D eigenvalue weighted by molar-refractivity contribution is -0.290. The van der Waals surface area contributed by atoms with E-state index < -0.39 is 38.2 Å². The van der Waals surface area contributed by atoms with E-state index in [4.69, 9.17) is 28.0 Å². The van der Waals surface area contributed by atoms with Crippen molar-refractivity contribution in [2.45, 2.75) is 103 Å². The zero-order valence-corrected chi connectivity index (χ0v) is 23.5. The molecule has 1 aromatic carbocycles. The fraction of sp³-hybridized carbons (Fsp3) is 0.741. The van der Waals surface area contributed by atoms with Crippen LogP contribution in [0.2, 0.25) is 0 Å². The second-order valence-corrected chi connectivity index (χ2v) is 11.1. The van der Waals surface area contributed by atoms with E-state index >= 15 is 0 Å². The third-order valence-electron chi connectivity index (χ3n) is 5.98. The van der Waals surface area contributed by atoms with Gasteiger partial charge in [-0.15, -0.1) is 0 Å². The molecule has 0 amide bonds. The predicted molar refractivity (Wildman–Crippen MR) is 139 cm³/mol. The number of carbonyl (C=O) groups excluding carboxylic acids is 1. The van der Waals surface area contributed by atoms with E-state index in [0.717, 1.165) is 38.5 Å². The Bertz CT molecular complexity index is 789. The molecular formula is C27H45O8P. The molecule has 206 valence electrons. The molecule has 0 radical (unpaired) electrons. The molecule has 1 saturated heterocycles. The summed E-state index contributed by atoms with van der Waals surface area (Å²) in [5.74, 6) is -0.540. The molecule has 9 heteroatoms. The summed E-state index contributed by atoms with van der Waals surface area (Å²) in [5.41, 5.74) is 0.392. The number of hydrogen-bond acceptors (Lipinski definition) is 8. The summed E-state index contributed by atoms with van der Waals surface area (Å²) in [6.45, 7) is 10.9. The summed E-state index contributed by atoms with van der Waals surface area (Å²) in [6, 6.07) is 8.72. The monoisotopic (exact) mass is 528 g/mol. The average Bonchev–Trinajstić information content (AvgIpc) is 2.87. The summed E-state index contributed by atoms with van der Waals surface area (Å²) in [4.78, 5) is 13.1. The van der Waals surface area contributed by atoms with Crippen LogP contribution in [-0.4, -0.2) is 63.2 Å². The van der Waals surface area contributed by atoms with Crippen LogP contribution in [0.25, 0.3) is 0 Å². The van der Waals surface area contributed by atoms with Gasteiger partial charge in [-0.25, -0.2) is 4.79 Å². The van der Waals surface area contributed by atoms with E-state index in [-0.39, 0.29) is 6.10 Å². The van der Waals surface area contributed by atoms with Gasteiger partial charge >= 0.3 is 13.6 Å². The number of unbranched alkanes of at least 4 members (excludes halogenated alkanes) is 3. The summed E-state index contributed by atoms with van der Waals surface area (Å²) in [6.07, 6.45) is 2.31. The first kappa shape index (κ1) is 30.9. The maximum Gasteiger partial charge on any atom is 0.338 e. The molecule has 0 bridgehead atoms. The SMILES string of the molecule is CCCCOC1[C@H](OCCCC)C(CC)O[C@H](OP(C)(=O)OCCCC)[C@@H]1OC(=O)c1ccccc1. The van der Waals surface area contributed by atoms with Crippen molar-refractivity contribution in [1.82, 2.24) is 0 Å². The number of ether oxygens (including phenoxy) is 4. The molecule has 8 nitrogen and oxygen atoms in total. The smallest absolute Gasteiger partial charge is 0.338 e. The van der Waals surface area contributed by atoms with Gasteiger partial charge in [0.2, 0.25) is 6.29 Å². The summed E-state index contributed by atoms with van der Waals surface area (Å²) >= 11 is 0. The maximum atomic E-state index is 13.2. The topological polar surface area (TPSA) is 89.5 Å². The van der Waals surface area contributed by atoms with Crippen molar-refractivity contribution in [3.05, 3.63) is 35.9 Å². The Balaban J connectivity index is 2.36. The highest BCUT2D eigenvalue weighted by atomic mass is 31.2. The third kappa shape index (κ3) is 9.88. The molecule has 3 unspecified atom stereocenters. The lowest BCUT2D eigenvalue weighted by atomic mass is 9.96. The van der Waals surface area contributed by atoms with Gasteiger partial charge in [0, 0.05) is 19.9 Å². The van der Waals surface area contributed by atoms with Gasteiger partial charge in [-0.3, -0.25) is 9.09 Å². The molecule has 2 rings (SSSR count). The number of rotatable bonds is 17. The summed E-state index contributed by atoms with van der Waals surface area (Å²) in [7, 11) is -3.50. The third-order valence-corrected chi connectivity index (χ3v) is 7.22. The highest BCUT2D eigenvalue weighted by Gasteiger charge is 2.51. The molecule has 0 saturated carbocycles. The molecule has 1 aromatic rings. The van der Waals surface area contributed by atoms with Crippen molar-refractivity contribution < 1.29 is 37.4 Å². The highest BCUT2D eigenvalue weighted by molar-refractivity contribution is 7.53. The Kier molecular flexibility index (Phi) is 14.2. The Labute approximate surface area is 216 Å². The zero-order chi connectivity index (χ0) is 26.4. The van der Waals surface area contributed by atoms with Crippen molar-refractivity contribution in [2.75, 3.05) is 26.5 Å². The lowest BCUT2D eigenvalue weighted by Crippen LogP contribution is -2.61. The fourth-order valence-corrected chi connectivity index (χ4v) is 4.96. The van der Waals surface area contributed by atoms with E-state index in [9.17, 15) is 9.36 Å². The molecule has 36 heavy (non-hydrogen) atoms. The van der Waals surface area contributed by atoms with Crippen molar-refractivity contribution in [2.24, 2.45) is 0 Å². The largest absolute Gasteiger partial charge is 0.450 e. The van der Waals surface area contributed by atoms with Gasteiger partial charge in [-0.1, -0.05) is 65.2 Å². The fourth-order valence-electron chi connectivity index (χ4n) is 3.90. The van der Waals surface area contributed by atoms with Crippen molar-refractivity contribution in [3.63, 3.8) is 0 Å². The van der Waals surface area contributed by atoms with Crippen LogP contribution in [0.3, 0.4) is 0 Å². The second kappa shape index (κ2) is 16.5. The van der Waals surface area contributed by atoms with Crippen molar-refractivity contribution >= 4 is 13.6 Å². The van der Waals surface area contributed by atoms with E-state index in [2.05, 4.69) is 13.8 Å². The van der Waals surface area contributed by atoms with Crippen LogP contribution < -0.4 is 0 Å². The standard InChI is InChI=1S/C27H45O8P/c1-6-10-18-30-23-22(9-4)33-27(35-36(5,29)32-20-12-8-3)25(24(23)31-19-11-7-2)34-26(28)21-16-14-13-15-17-21/h13-17,22-25,27H,6-12,18-20H2,1-5H3/t22?,23-,24?,25-,27-,36?/m1/s1. The van der Waals surface area contributed by atoms with Gasteiger partial charge in [0.25, 0.3) is 0 Å². The Morgan fingerprint density at radius 3 is 2.03 bits per heavy atom. The van der Waals surface area contributed by atoms with Crippen LogP contribution in [-0.2, 0) is 32.6 Å². The van der Waals surface area contributed by atoms with Crippen LogP contribution in [0.15, 0.2) is 30.3 Å². The second-order valence-electron chi connectivity index (χ2n) is 9.13. The van der Waals surface area contributed by atoms with Crippen LogP contribution in [0, 0.1) is 0 Å². The van der Waals surface area contributed by atoms with E-state index in [1.165, 1.54) is 6.66 Å².